The van der Waals surface area contributed by atoms with Crippen molar-refractivity contribution >= 4 is 12.0 Å². The van der Waals surface area contributed by atoms with Gasteiger partial charge in [-0.15, -0.1) is 0 Å². The van der Waals surface area contributed by atoms with E-state index in [1.807, 2.05) is 6.92 Å². The van der Waals surface area contributed by atoms with Crippen LogP contribution in [0.1, 0.15) is 19.8 Å². The highest BCUT2D eigenvalue weighted by atomic mass is 16.5. The second kappa shape index (κ2) is 6.62. The Bertz CT molecular complexity index is 397. The molecular weight excluding hydrogens is 276 g/mol. The molecule has 0 aromatic rings. The van der Waals surface area contributed by atoms with Crippen molar-refractivity contribution in [3.05, 3.63) is 0 Å². The maximum atomic E-state index is 12.5. The Morgan fingerprint density at radius 1 is 1.29 bits per heavy atom. The number of likely N-dealkylation sites (N-methyl/N-ethyl adjacent to an activating group) is 1. The Morgan fingerprint density at radius 3 is 2.48 bits per heavy atom. The molecule has 120 valence electrons. The van der Waals surface area contributed by atoms with E-state index in [1.54, 1.807) is 16.8 Å². The van der Waals surface area contributed by atoms with Crippen LogP contribution >= 0.6 is 0 Å². The van der Waals surface area contributed by atoms with Gasteiger partial charge in [0.1, 0.15) is 5.92 Å². The monoisotopic (exact) mass is 300 g/mol. The molecule has 7 heteroatoms. The van der Waals surface area contributed by atoms with Gasteiger partial charge >= 0.3 is 12.0 Å². The van der Waals surface area contributed by atoms with Crippen molar-refractivity contribution in [2.45, 2.75) is 31.9 Å². The van der Waals surface area contributed by atoms with Crippen LogP contribution in [-0.4, -0.2) is 77.5 Å². The van der Waals surface area contributed by atoms with Crippen molar-refractivity contribution in [2.24, 2.45) is 11.8 Å². The Balaban J connectivity index is 1.95. The van der Waals surface area contributed by atoms with Crippen molar-refractivity contribution < 1.29 is 24.5 Å². The summed E-state index contributed by atoms with van der Waals surface area (Å²) >= 11 is 0. The van der Waals surface area contributed by atoms with Gasteiger partial charge in [-0.3, -0.25) is 4.79 Å². The van der Waals surface area contributed by atoms with Crippen LogP contribution in [0.3, 0.4) is 0 Å². The number of aliphatic carboxylic acids is 1. The predicted molar refractivity (Wildman–Crippen MR) is 74.9 cm³/mol. The molecule has 2 N–H and O–H groups in total. The molecule has 1 aliphatic heterocycles. The molecule has 7 nitrogen and oxygen atoms in total. The first-order valence-electron chi connectivity index (χ1n) is 7.44. The maximum absolute atomic E-state index is 12.5. The number of nitrogens with zero attached hydrogens (tertiary/aromatic N) is 2. The zero-order chi connectivity index (χ0) is 15.6. The molecule has 2 unspecified atom stereocenters. The number of ether oxygens (including phenoxy) is 1. The average Bonchev–Trinajstić information content (AvgIpc) is 2.87. The number of carbonyl (C=O) groups excluding carboxylic acids is 1. The summed E-state index contributed by atoms with van der Waals surface area (Å²) in [6.45, 7) is 3.32. The molecule has 0 radical (unpaired) electrons. The van der Waals surface area contributed by atoms with Crippen LogP contribution in [-0.2, 0) is 9.53 Å². The number of hydrogen-bond acceptors (Lipinski definition) is 4. The fourth-order valence-electron chi connectivity index (χ4n) is 3.13. The Hall–Kier alpha value is -1.34. The molecule has 21 heavy (non-hydrogen) atoms. The number of aliphatic hydroxyl groups is 1. The Labute approximate surface area is 124 Å². The minimum atomic E-state index is -0.923. The van der Waals surface area contributed by atoms with Gasteiger partial charge in [0, 0.05) is 20.1 Å². The number of amides is 2. The minimum absolute atomic E-state index is 0.155. The molecule has 0 spiro atoms. The highest BCUT2D eigenvalue weighted by Gasteiger charge is 2.40. The lowest BCUT2D eigenvalue weighted by Gasteiger charge is -2.38. The van der Waals surface area contributed by atoms with Crippen molar-refractivity contribution in [1.29, 1.82) is 0 Å². The molecule has 1 saturated heterocycles. The average molecular weight is 300 g/mol. The van der Waals surface area contributed by atoms with Gasteiger partial charge in [-0.05, 0) is 25.7 Å². The van der Waals surface area contributed by atoms with E-state index >= 15 is 0 Å². The summed E-state index contributed by atoms with van der Waals surface area (Å²) in [5.41, 5.74) is 0. The van der Waals surface area contributed by atoms with Gasteiger partial charge in [-0.25, -0.2) is 4.79 Å². The summed E-state index contributed by atoms with van der Waals surface area (Å²) in [5, 5.41) is 18.5. The van der Waals surface area contributed by atoms with Crippen LogP contribution in [0.5, 0.6) is 0 Å². The van der Waals surface area contributed by atoms with E-state index in [0.29, 0.717) is 19.0 Å². The number of carboxylic acids is 1. The molecule has 2 rings (SSSR count). The Morgan fingerprint density at radius 2 is 1.95 bits per heavy atom. The summed E-state index contributed by atoms with van der Waals surface area (Å²) in [6.07, 6.45) is 1.22. The number of aliphatic hydroxyl groups excluding tert-OH is 1. The zero-order valence-electron chi connectivity index (χ0n) is 12.6. The van der Waals surface area contributed by atoms with E-state index in [9.17, 15) is 19.8 Å². The number of urea groups is 1. The zero-order valence-corrected chi connectivity index (χ0v) is 12.6. The summed E-state index contributed by atoms with van der Waals surface area (Å²) in [6, 6.07) is -0.574. The van der Waals surface area contributed by atoms with E-state index in [1.165, 1.54) is 0 Å². The largest absolute Gasteiger partial charge is 0.481 e. The molecule has 2 atom stereocenters. The van der Waals surface area contributed by atoms with Crippen molar-refractivity contribution in [2.75, 3.05) is 33.4 Å². The number of carbonyl (C=O) groups is 2. The van der Waals surface area contributed by atoms with Crippen LogP contribution < -0.4 is 0 Å². The van der Waals surface area contributed by atoms with E-state index in [2.05, 4.69) is 0 Å². The molecule has 0 bridgehead atoms. The van der Waals surface area contributed by atoms with Gasteiger partial charge in [0.05, 0.1) is 25.4 Å². The van der Waals surface area contributed by atoms with E-state index in [4.69, 9.17) is 4.74 Å². The minimum Gasteiger partial charge on any atom is -0.481 e. The third kappa shape index (κ3) is 3.47. The molecule has 1 aliphatic carbocycles. The quantitative estimate of drug-likeness (QED) is 0.758. The highest BCUT2D eigenvalue weighted by Crippen LogP contribution is 2.28. The van der Waals surface area contributed by atoms with E-state index in [0.717, 1.165) is 12.8 Å². The standard InChI is InChI=1S/C14H24N2O5/c1-3-16(12-8-21-7-11(12)13(18)19)14(20)15(2)6-9-4-10(17)5-9/h9-12,17H,3-8H2,1-2H3,(H,18,19). The molecule has 2 amide bonds. The van der Waals surface area contributed by atoms with Crippen molar-refractivity contribution in [3.63, 3.8) is 0 Å². The Kier molecular flexibility index (Phi) is 5.05. The SMILES string of the molecule is CCN(C(=O)N(C)CC1CC(O)C1)C1COCC1C(=O)O. The summed E-state index contributed by atoms with van der Waals surface area (Å²) < 4.78 is 5.24. The van der Waals surface area contributed by atoms with Crippen LogP contribution in [0.4, 0.5) is 4.79 Å². The van der Waals surface area contributed by atoms with Gasteiger partial charge in [0.15, 0.2) is 0 Å². The molecule has 0 aromatic carbocycles. The van der Waals surface area contributed by atoms with Crippen molar-refractivity contribution in [1.82, 2.24) is 9.80 Å². The lowest BCUT2D eigenvalue weighted by Crippen LogP contribution is -2.52. The normalized spacial score (nSPS) is 31.6. The van der Waals surface area contributed by atoms with Crippen LogP contribution in [0.25, 0.3) is 0 Å². The fraction of sp³-hybridized carbons (Fsp3) is 0.857. The molecule has 0 aromatic heterocycles. The van der Waals surface area contributed by atoms with Gasteiger partial charge in [-0.1, -0.05) is 0 Å². The van der Waals surface area contributed by atoms with E-state index < -0.39 is 17.9 Å². The molecular formula is C14H24N2O5. The summed E-state index contributed by atoms with van der Waals surface area (Å²) in [7, 11) is 1.72. The van der Waals surface area contributed by atoms with Crippen LogP contribution in [0, 0.1) is 11.8 Å². The maximum Gasteiger partial charge on any atom is 0.320 e. The molecule has 1 saturated carbocycles. The highest BCUT2D eigenvalue weighted by molar-refractivity contribution is 5.77. The van der Waals surface area contributed by atoms with Crippen LogP contribution in [0.15, 0.2) is 0 Å². The van der Waals surface area contributed by atoms with Gasteiger partial charge < -0.3 is 24.7 Å². The lowest BCUT2D eigenvalue weighted by molar-refractivity contribution is -0.142. The number of hydrogen-bond donors (Lipinski definition) is 2. The smallest absolute Gasteiger partial charge is 0.320 e. The second-order valence-electron chi connectivity index (χ2n) is 5.99. The fourth-order valence-corrected chi connectivity index (χ4v) is 3.13. The van der Waals surface area contributed by atoms with Gasteiger partial charge in [0.25, 0.3) is 0 Å². The predicted octanol–water partition coefficient (Wildman–Crippen LogP) is 0.231. The topological polar surface area (TPSA) is 90.3 Å². The number of rotatable bonds is 5. The first-order valence-corrected chi connectivity index (χ1v) is 7.44. The number of carboxylic acid groups (broad SMARTS) is 1. The second-order valence-corrected chi connectivity index (χ2v) is 5.99. The molecule has 2 aliphatic rings. The lowest BCUT2D eigenvalue weighted by atomic mass is 9.82. The van der Waals surface area contributed by atoms with E-state index in [-0.39, 0.29) is 25.3 Å². The third-order valence-corrected chi connectivity index (χ3v) is 4.42. The first-order chi connectivity index (χ1) is 9.93. The summed E-state index contributed by atoms with van der Waals surface area (Å²) in [5.74, 6) is -1.25. The molecule has 1 heterocycles. The summed E-state index contributed by atoms with van der Waals surface area (Å²) in [4.78, 5) is 27.0. The van der Waals surface area contributed by atoms with Gasteiger partial charge in [-0.2, -0.15) is 0 Å². The van der Waals surface area contributed by atoms with Crippen LogP contribution in [0.2, 0.25) is 0 Å². The van der Waals surface area contributed by atoms with Crippen molar-refractivity contribution in [3.8, 4) is 0 Å². The molecule has 2 fully saturated rings. The first kappa shape index (κ1) is 16.0. The third-order valence-electron chi connectivity index (χ3n) is 4.42. The van der Waals surface area contributed by atoms with Gasteiger partial charge in [0.2, 0.25) is 0 Å².